The second kappa shape index (κ2) is 11.4. The van der Waals surface area contributed by atoms with E-state index in [0.717, 1.165) is 22.1 Å². The molecule has 1 saturated heterocycles. The number of carbonyl (C=O) groups is 1. The lowest BCUT2D eigenvalue weighted by atomic mass is 9.80. The number of pyridine rings is 1. The number of hydrogen-bond acceptors (Lipinski definition) is 8. The average molecular weight is 612 g/mol. The number of rotatable bonds is 7. The Bertz CT molecular complexity index is 1890. The molecule has 0 bridgehead atoms. The highest BCUT2D eigenvalue weighted by Gasteiger charge is 2.60. The van der Waals surface area contributed by atoms with Crippen molar-refractivity contribution in [2.24, 2.45) is 0 Å². The molecule has 3 aromatic carbocycles. The molecule has 0 saturated carbocycles. The van der Waals surface area contributed by atoms with Crippen LogP contribution in [-0.2, 0) is 20.4 Å². The predicted molar refractivity (Wildman–Crippen MR) is 163 cm³/mol. The Morgan fingerprint density at radius 2 is 1.70 bits per heavy atom. The van der Waals surface area contributed by atoms with Gasteiger partial charge in [-0.1, -0.05) is 18.2 Å². The van der Waals surface area contributed by atoms with Gasteiger partial charge < -0.3 is 9.64 Å². The first kappa shape index (κ1) is 29.3. The lowest BCUT2D eigenvalue weighted by molar-refractivity contribution is -0.127. The van der Waals surface area contributed by atoms with Crippen LogP contribution in [0, 0.1) is 24.1 Å². The predicted octanol–water partition coefficient (Wildman–Crippen LogP) is 4.60. The third kappa shape index (κ3) is 4.58. The Morgan fingerprint density at radius 1 is 0.977 bits per heavy atom. The van der Waals surface area contributed by atoms with Crippen molar-refractivity contribution in [1.82, 2.24) is 9.88 Å². The van der Waals surface area contributed by atoms with Crippen molar-refractivity contribution in [3.8, 4) is 11.8 Å². The number of fused-ring (bicyclic) bond motifs is 1. The number of anilines is 2. The van der Waals surface area contributed by atoms with Gasteiger partial charge in [0.05, 0.1) is 28.8 Å². The highest BCUT2D eigenvalue weighted by atomic mass is 32.2. The lowest BCUT2D eigenvalue weighted by Crippen LogP contribution is -2.60. The Kier molecular flexibility index (Phi) is 7.57. The van der Waals surface area contributed by atoms with Crippen molar-refractivity contribution >= 4 is 27.3 Å². The summed E-state index contributed by atoms with van der Waals surface area (Å²) >= 11 is 0. The van der Waals surface area contributed by atoms with Crippen LogP contribution in [-0.4, -0.2) is 57.0 Å². The van der Waals surface area contributed by atoms with Gasteiger partial charge in [-0.05, 0) is 74.0 Å². The molecule has 9 nitrogen and oxygen atoms in total. The molecule has 0 aliphatic carbocycles. The molecule has 1 atom stereocenters. The lowest BCUT2D eigenvalue weighted by Gasteiger charge is -2.46. The molecule has 4 aromatic rings. The van der Waals surface area contributed by atoms with E-state index in [1.807, 2.05) is 24.0 Å². The fourth-order valence-electron chi connectivity index (χ4n) is 6.32. The minimum absolute atomic E-state index is 0.139. The molecule has 0 N–H and O–H groups in total. The first-order chi connectivity index (χ1) is 21.2. The third-order valence-corrected chi connectivity index (χ3v) is 10.1. The number of sulfonamides is 1. The number of para-hydroxylation sites is 1. The van der Waals surface area contributed by atoms with Gasteiger partial charge in [0.25, 0.3) is 15.9 Å². The first-order valence-electron chi connectivity index (χ1n) is 14.3. The molecule has 3 heterocycles. The van der Waals surface area contributed by atoms with Gasteiger partial charge in [-0.15, -0.1) is 0 Å². The van der Waals surface area contributed by atoms with Crippen molar-refractivity contribution in [3.63, 3.8) is 0 Å². The highest BCUT2D eigenvalue weighted by Crippen LogP contribution is 2.53. The summed E-state index contributed by atoms with van der Waals surface area (Å²) in [6.45, 7) is 5.54. The van der Waals surface area contributed by atoms with Crippen molar-refractivity contribution in [2.45, 2.75) is 24.3 Å². The maximum absolute atomic E-state index is 15.2. The molecule has 11 heteroatoms. The molecule has 0 radical (unpaired) electrons. The largest absolute Gasteiger partial charge is 0.493 e. The van der Waals surface area contributed by atoms with Gasteiger partial charge in [-0.3, -0.25) is 14.7 Å². The summed E-state index contributed by atoms with van der Waals surface area (Å²) in [4.78, 5) is 23.3. The molecule has 1 amide bonds. The van der Waals surface area contributed by atoms with Gasteiger partial charge in [-0.25, -0.2) is 17.1 Å². The minimum Gasteiger partial charge on any atom is -0.493 e. The Labute approximate surface area is 255 Å². The normalized spacial score (nSPS) is 18.6. The number of nitrogens with zero attached hydrogens (tertiary/aromatic N) is 5. The molecular formula is C33H30FN5O4S. The van der Waals surface area contributed by atoms with Gasteiger partial charge in [0.15, 0.2) is 5.54 Å². The van der Waals surface area contributed by atoms with E-state index < -0.39 is 27.3 Å². The zero-order chi connectivity index (χ0) is 31.1. The van der Waals surface area contributed by atoms with E-state index in [-0.39, 0.29) is 21.7 Å². The quantitative estimate of drug-likeness (QED) is 0.299. The number of nitriles is 1. The summed E-state index contributed by atoms with van der Waals surface area (Å²) in [5, 5.41) is 9.90. The Hall–Kier alpha value is -4.79. The van der Waals surface area contributed by atoms with Crippen molar-refractivity contribution < 1.29 is 22.3 Å². The molecule has 0 spiro atoms. The van der Waals surface area contributed by atoms with Gasteiger partial charge in [0.1, 0.15) is 11.6 Å². The van der Waals surface area contributed by atoms with Crippen LogP contribution in [0.2, 0.25) is 0 Å². The second-order valence-corrected chi connectivity index (χ2v) is 12.4. The minimum atomic E-state index is -4.52. The number of piperazine rings is 1. The molecule has 2 aliphatic rings. The SMILES string of the molecule is CCOc1ccccc1C1(N2CCN(c3ccncc3)CC2)C(=O)N(S(=O)(=O)c2ccc(F)cc2C)c2ccc(C#N)cc21. The fourth-order valence-corrected chi connectivity index (χ4v) is 7.99. The molecule has 1 aromatic heterocycles. The van der Waals surface area contributed by atoms with Crippen molar-refractivity contribution in [1.29, 1.82) is 5.26 Å². The number of carbonyl (C=O) groups excluding carboxylic acids is 1. The molecule has 2 aliphatic heterocycles. The summed E-state index contributed by atoms with van der Waals surface area (Å²) in [6, 6.07) is 21.1. The van der Waals surface area contributed by atoms with Crippen LogP contribution >= 0.6 is 0 Å². The van der Waals surface area contributed by atoms with Crippen LogP contribution in [0.25, 0.3) is 0 Å². The van der Waals surface area contributed by atoms with Crippen molar-refractivity contribution in [3.05, 3.63) is 113 Å². The van der Waals surface area contributed by atoms with Crippen LogP contribution < -0.4 is 13.9 Å². The maximum atomic E-state index is 15.2. The number of aryl methyl sites for hydroxylation is 1. The Balaban J connectivity index is 1.58. The molecular weight excluding hydrogens is 581 g/mol. The standard InChI is InChI=1S/C33H30FN5O4S/c1-3-43-30-7-5-4-6-27(30)33(38-18-16-37(17-19-38)26-12-14-36-15-13-26)28-21-24(22-35)8-10-29(28)39(32(33)40)44(41,42)31-11-9-25(34)20-23(31)2/h4-15,20-21H,3,16-19H2,1-2H3. The molecule has 6 rings (SSSR count). The zero-order valence-electron chi connectivity index (χ0n) is 24.3. The molecule has 44 heavy (non-hydrogen) atoms. The summed E-state index contributed by atoms with van der Waals surface area (Å²) in [5.41, 5.74) is 0.793. The number of aromatic nitrogens is 1. The number of benzene rings is 3. The summed E-state index contributed by atoms with van der Waals surface area (Å²) in [7, 11) is -4.52. The highest BCUT2D eigenvalue weighted by molar-refractivity contribution is 7.93. The van der Waals surface area contributed by atoms with Gasteiger partial charge in [-0.2, -0.15) is 5.26 Å². The monoisotopic (exact) mass is 611 g/mol. The number of hydrogen-bond donors (Lipinski definition) is 0. The maximum Gasteiger partial charge on any atom is 0.271 e. The van der Waals surface area contributed by atoms with E-state index in [1.165, 1.54) is 25.1 Å². The summed E-state index contributed by atoms with van der Waals surface area (Å²) in [6.07, 6.45) is 3.45. The van der Waals surface area contributed by atoms with Crippen LogP contribution in [0.5, 0.6) is 5.75 Å². The fraction of sp³-hybridized carbons (Fsp3) is 0.242. The van der Waals surface area contributed by atoms with Crippen LogP contribution in [0.4, 0.5) is 15.8 Å². The van der Waals surface area contributed by atoms with E-state index in [0.29, 0.717) is 49.7 Å². The third-order valence-electron chi connectivity index (χ3n) is 8.24. The smallest absolute Gasteiger partial charge is 0.271 e. The topological polar surface area (TPSA) is 107 Å². The molecule has 1 unspecified atom stereocenters. The molecule has 1 fully saturated rings. The van der Waals surface area contributed by atoms with E-state index in [4.69, 9.17) is 4.74 Å². The first-order valence-corrected chi connectivity index (χ1v) is 15.7. The van der Waals surface area contributed by atoms with Gasteiger partial charge in [0, 0.05) is 55.4 Å². The second-order valence-electron chi connectivity index (χ2n) is 10.6. The molecule has 224 valence electrons. The number of ether oxygens (including phenoxy) is 1. The van der Waals surface area contributed by atoms with E-state index in [9.17, 15) is 18.1 Å². The van der Waals surface area contributed by atoms with E-state index >= 15 is 4.79 Å². The van der Waals surface area contributed by atoms with Gasteiger partial charge in [0.2, 0.25) is 0 Å². The van der Waals surface area contributed by atoms with Gasteiger partial charge >= 0.3 is 0 Å². The summed E-state index contributed by atoms with van der Waals surface area (Å²) < 4.78 is 49.7. The van der Waals surface area contributed by atoms with Crippen LogP contribution in [0.1, 0.15) is 29.2 Å². The Morgan fingerprint density at radius 3 is 2.39 bits per heavy atom. The number of amides is 1. The van der Waals surface area contributed by atoms with Crippen LogP contribution in [0.3, 0.4) is 0 Å². The van der Waals surface area contributed by atoms with Crippen LogP contribution in [0.15, 0.2) is 90.1 Å². The van der Waals surface area contributed by atoms with E-state index in [2.05, 4.69) is 16.0 Å². The zero-order valence-corrected chi connectivity index (χ0v) is 25.1. The number of halogens is 1. The average Bonchev–Trinajstić information content (AvgIpc) is 3.30. The van der Waals surface area contributed by atoms with E-state index in [1.54, 1.807) is 42.7 Å². The summed E-state index contributed by atoms with van der Waals surface area (Å²) in [5.74, 6) is -0.860. The van der Waals surface area contributed by atoms with Crippen molar-refractivity contribution in [2.75, 3.05) is 42.0 Å².